The predicted molar refractivity (Wildman–Crippen MR) is 145 cm³/mol. The Kier molecular flexibility index (Phi) is 16.0. The molecule has 0 aromatic rings. The van der Waals surface area contributed by atoms with E-state index in [0.717, 1.165) is 0 Å². The molecule has 16 heteroatoms. The van der Waals surface area contributed by atoms with Crippen molar-refractivity contribution in [2.24, 2.45) is 22.2 Å². The van der Waals surface area contributed by atoms with Gasteiger partial charge in [0.05, 0.1) is 6.04 Å². The van der Waals surface area contributed by atoms with Crippen molar-refractivity contribution in [2.45, 2.75) is 88.5 Å². The van der Waals surface area contributed by atoms with E-state index in [9.17, 15) is 37.1 Å². The van der Waals surface area contributed by atoms with Crippen LogP contribution in [0.4, 0.5) is 13.2 Å². The second kappa shape index (κ2) is 18.6. The summed E-state index contributed by atoms with van der Waals surface area (Å²) in [7, 11) is 0. The molecule has 0 fully saturated rings. The van der Waals surface area contributed by atoms with Crippen molar-refractivity contribution in [3.8, 4) is 0 Å². The van der Waals surface area contributed by atoms with Crippen LogP contribution in [0.1, 0.15) is 64.2 Å². The molecule has 4 amide bonds. The van der Waals surface area contributed by atoms with Gasteiger partial charge in [0.1, 0.15) is 12.1 Å². The number of hydrogen-bond donors (Lipinski definition) is 7. The fourth-order valence-corrected chi connectivity index (χ4v) is 3.95. The molecule has 13 nitrogen and oxygen atoms in total. The van der Waals surface area contributed by atoms with Crippen LogP contribution < -0.4 is 38.5 Å². The number of carbonyl (C=O) groups is 5. The van der Waals surface area contributed by atoms with Crippen LogP contribution in [0.15, 0.2) is 17.1 Å². The predicted octanol–water partition coefficient (Wildman–Crippen LogP) is -0.609. The maximum atomic E-state index is 13.3. The van der Waals surface area contributed by atoms with Crippen molar-refractivity contribution >= 4 is 35.4 Å². The summed E-state index contributed by atoms with van der Waals surface area (Å²) in [5, 5.41) is 9.81. The van der Waals surface area contributed by atoms with E-state index in [4.69, 9.17) is 17.2 Å². The van der Waals surface area contributed by atoms with Gasteiger partial charge in [-0.1, -0.05) is 12.2 Å². The number of amides is 4. The minimum atomic E-state index is -5.21. The number of guanidine groups is 1. The van der Waals surface area contributed by atoms with Gasteiger partial charge < -0.3 is 38.5 Å². The number of alkyl halides is 3. The highest BCUT2D eigenvalue weighted by molar-refractivity contribution is 5.96. The minimum absolute atomic E-state index is 0.0273. The number of nitrogens with two attached hydrogens (primary N) is 3. The summed E-state index contributed by atoms with van der Waals surface area (Å²) < 4.78 is 39.9. The van der Waals surface area contributed by atoms with Gasteiger partial charge in [-0.15, -0.1) is 0 Å². The number of nitrogens with zero attached hydrogens (tertiary/aromatic N) is 1. The molecular formula is C25H41F3N8O5. The summed E-state index contributed by atoms with van der Waals surface area (Å²) in [6.07, 6.45) is -1.09. The molecule has 0 unspecified atom stereocenters. The van der Waals surface area contributed by atoms with Gasteiger partial charge in [0.2, 0.25) is 23.6 Å². The fourth-order valence-electron chi connectivity index (χ4n) is 3.95. The van der Waals surface area contributed by atoms with E-state index in [0.29, 0.717) is 19.4 Å². The summed E-state index contributed by atoms with van der Waals surface area (Å²) in [4.78, 5) is 66.7. The molecule has 10 N–H and O–H groups in total. The number of rotatable bonds is 9. The van der Waals surface area contributed by atoms with E-state index in [1.807, 2.05) is 0 Å². The van der Waals surface area contributed by atoms with E-state index in [1.54, 1.807) is 0 Å². The standard InChI is InChI=1S/C25H41F3N8O5/c26-25(27,28)21(39)16-8-4-6-14-32-19(37)11-1-2-12-20(38)34-17(9-3-5-13-29)22(40)36-18(23(41)35-16)10-7-15-33-24(30)31/h1-2,16-18H,3-15,29H2,(H,32,37)(H,34,38)(H,35,41)(H,36,40)(H4,30,31,33)/b2-1+/t16-,17-,18-/m0/s1. The number of aliphatic imine (C=N–C) groups is 1. The summed E-state index contributed by atoms with van der Waals surface area (Å²) in [5.41, 5.74) is 16.1. The lowest BCUT2D eigenvalue weighted by Crippen LogP contribution is -2.56. The lowest BCUT2D eigenvalue weighted by molar-refractivity contribution is -0.174. The Labute approximate surface area is 236 Å². The number of Topliss-reactive ketones (excluding diaryl/α,β-unsaturated/α-hetero) is 1. The van der Waals surface area contributed by atoms with Gasteiger partial charge in [0.15, 0.2) is 5.96 Å². The highest BCUT2D eigenvalue weighted by atomic mass is 19.4. The van der Waals surface area contributed by atoms with Crippen LogP contribution in [-0.4, -0.2) is 79.3 Å². The molecule has 0 aliphatic carbocycles. The Bertz CT molecular complexity index is 954. The third-order valence-corrected chi connectivity index (χ3v) is 6.10. The molecule has 1 aliphatic rings. The molecule has 0 bridgehead atoms. The van der Waals surface area contributed by atoms with Gasteiger partial charge >= 0.3 is 6.18 Å². The van der Waals surface area contributed by atoms with E-state index >= 15 is 0 Å². The van der Waals surface area contributed by atoms with Gasteiger partial charge in [0, 0.05) is 25.9 Å². The minimum Gasteiger partial charge on any atom is -0.370 e. The van der Waals surface area contributed by atoms with Gasteiger partial charge in [-0.25, -0.2) is 0 Å². The molecule has 0 radical (unpaired) electrons. The highest BCUT2D eigenvalue weighted by Crippen LogP contribution is 2.20. The molecule has 1 aliphatic heterocycles. The number of hydrogen-bond acceptors (Lipinski definition) is 7. The molecule has 3 atom stereocenters. The zero-order valence-electron chi connectivity index (χ0n) is 22.9. The first-order chi connectivity index (χ1) is 19.3. The van der Waals surface area contributed by atoms with Crippen LogP contribution >= 0.6 is 0 Å². The largest absolute Gasteiger partial charge is 0.452 e. The lowest BCUT2D eigenvalue weighted by Gasteiger charge is -2.25. The van der Waals surface area contributed by atoms with E-state index in [-0.39, 0.29) is 76.3 Å². The van der Waals surface area contributed by atoms with Crippen molar-refractivity contribution in [1.29, 1.82) is 0 Å². The summed E-state index contributed by atoms with van der Waals surface area (Å²) in [6.45, 7) is 0.557. The fraction of sp³-hybridized carbons (Fsp3) is 0.680. The first-order valence-electron chi connectivity index (χ1n) is 13.5. The van der Waals surface area contributed by atoms with E-state index < -0.39 is 47.8 Å². The van der Waals surface area contributed by atoms with Crippen molar-refractivity contribution in [3.05, 3.63) is 12.2 Å². The number of ketones is 1. The van der Waals surface area contributed by atoms with Crippen LogP contribution in [0.5, 0.6) is 0 Å². The van der Waals surface area contributed by atoms with Crippen LogP contribution in [0.25, 0.3) is 0 Å². The van der Waals surface area contributed by atoms with Crippen molar-refractivity contribution in [3.63, 3.8) is 0 Å². The number of carbonyl (C=O) groups excluding carboxylic acids is 5. The van der Waals surface area contributed by atoms with E-state index in [2.05, 4.69) is 26.3 Å². The van der Waals surface area contributed by atoms with Gasteiger partial charge in [-0.2, -0.15) is 13.2 Å². The molecule has 0 saturated heterocycles. The molecule has 0 saturated carbocycles. The Morgan fingerprint density at radius 3 is 2.12 bits per heavy atom. The number of halogens is 3. The topological polar surface area (TPSA) is 224 Å². The molecule has 232 valence electrons. The SMILES string of the molecule is NCCCC[C@@H]1NC(=O)C/C=C/CC(=O)NCCCC[C@@H](C(=O)C(F)(F)F)NC(=O)[C@H](CCCN=C(N)N)NC1=O. The first kappa shape index (κ1) is 35.3. The molecule has 1 rings (SSSR count). The maximum Gasteiger partial charge on any atom is 0.452 e. The molecule has 0 aromatic heterocycles. The second-order valence-corrected chi connectivity index (χ2v) is 9.56. The molecule has 1 heterocycles. The summed E-state index contributed by atoms with van der Waals surface area (Å²) in [5.74, 6) is -4.97. The molecule has 41 heavy (non-hydrogen) atoms. The molecule has 0 spiro atoms. The highest BCUT2D eigenvalue weighted by Gasteiger charge is 2.44. The van der Waals surface area contributed by atoms with Gasteiger partial charge in [-0.3, -0.25) is 29.0 Å². The zero-order valence-corrected chi connectivity index (χ0v) is 22.9. The van der Waals surface area contributed by atoms with Crippen LogP contribution in [0.2, 0.25) is 0 Å². The Hall–Kier alpha value is -3.69. The van der Waals surface area contributed by atoms with Gasteiger partial charge in [-0.05, 0) is 57.9 Å². The van der Waals surface area contributed by atoms with Crippen molar-refractivity contribution in [1.82, 2.24) is 21.3 Å². The normalized spacial score (nSPS) is 23.0. The van der Waals surface area contributed by atoms with Crippen LogP contribution in [0.3, 0.4) is 0 Å². The Morgan fingerprint density at radius 2 is 1.49 bits per heavy atom. The number of unbranched alkanes of at least 4 members (excludes halogenated alkanes) is 1. The lowest BCUT2D eigenvalue weighted by atomic mass is 10.0. The zero-order chi connectivity index (χ0) is 30.8. The average Bonchev–Trinajstić information content (AvgIpc) is 2.89. The molecular weight excluding hydrogens is 549 g/mol. The average molecular weight is 591 g/mol. The number of nitrogens with one attached hydrogen (secondary N) is 4. The Balaban J connectivity index is 3.27. The monoisotopic (exact) mass is 590 g/mol. The summed E-state index contributed by atoms with van der Waals surface area (Å²) in [6, 6.07) is -4.33. The third kappa shape index (κ3) is 15.0. The van der Waals surface area contributed by atoms with Crippen molar-refractivity contribution in [2.75, 3.05) is 19.6 Å². The Morgan fingerprint density at radius 1 is 0.878 bits per heavy atom. The first-order valence-corrected chi connectivity index (χ1v) is 13.5. The molecule has 0 aromatic carbocycles. The smallest absolute Gasteiger partial charge is 0.370 e. The van der Waals surface area contributed by atoms with Gasteiger partial charge in [0.25, 0.3) is 5.78 Å². The second-order valence-electron chi connectivity index (χ2n) is 9.56. The van der Waals surface area contributed by atoms with Crippen LogP contribution in [0, 0.1) is 0 Å². The van der Waals surface area contributed by atoms with Crippen LogP contribution in [-0.2, 0) is 24.0 Å². The van der Waals surface area contributed by atoms with E-state index in [1.165, 1.54) is 12.2 Å². The third-order valence-electron chi connectivity index (χ3n) is 6.10. The maximum absolute atomic E-state index is 13.3. The quantitative estimate of drug-likeness (QED) is 0.0792. The summed E-state index contributed by atoms with van der Waals surface area (Å²) >= 11 is 0. The van der Waals surface area contributed by atoms with Crippen molar-refractivity contribution < 1.29 is 37.1 Å².